The average molecular weight is 262 g/mol. The molecule has 3 nitrogen and oxygen atoms in total. The average Bonchev–Trinajstić information content (AvgIpc) is 2.45. The smallest absolute Gasteiger partial charge is 0.0443 e. The third-order valence-corrected chi connectivity index (χ3v) is 3.90. The fourth-order valence-electron chi connectivity index (χ4n) is 2.77. The molecule has 0 bridgehead atoms. The molecule has 0 atom stereocenters. The van der Waals surface area contributed by atoms with Crippen molar-refractivity contribution in [2.24, 2.45) is 0 Å². The molecule has 1 aromatic rings. The van der Waals surface area contributed by atoms with Crippen LogP contribution in [-0.4, -0.2) is 49.3 Å². The van der Waals surface area contributed by atoms with Crippen LogP contribution in [0.2, 0.25) is 0 Å². The minimum atomic E-state index is 0.302. The maximum Gasteiger partial charge on any atom is 0.0443 e. The zero-order valence-electron chi connectivity index (χ0n) is 12.2. The van der Waals surface area contributed by atoms with Crippen LogP contribution < -0.4 is 4.90 Å². The number of nitrogens with zero attached hydrogens (tertiary/aromatic N) is 2. The number of hydrogen-bond acceptors (Lipinski definition) is 3. The summed E-state index contributed by atoms with van der Waals surface area (Å²) in [6, 6.07) is 8.77. The number of anilines is 1. The van der Waals surface area contributed by atoms with E-state index < -0.39 is 0 Å². The predicted octanol–water partition coefficient (Wildman–Crippen LogP) is 2.31. The van der Waals surface area contributed by atoms with Crippen molar-refractivity contribution in [3.8, 4) is 0 Å². The van der Waals surface area contributed by atoms with Gasteiger partial charge >= 0.3 is 0 Å². The summed E-state index contributed by atoms with van der Waals surface area (Å²) in [6.45, 7) is 10.2. The Morgan fingerprint density at radius 2 is 1.79 bits per heavy atom. The van der Waals surface area contributed by atoms with Crippen LogP contribution >= 0.6 is 0 Å². The minimum absolute atomic E-state index is 0.302. The summed E-state index contributed by atoms with van der Waals surface area (Å²) in [6.07, 6.45) is 0.891. The van der Waals surface area contributed by atoms with Crippen molar-refractivity contribution in [1.82, 2.24) is 4.90 Å². The Balaban J connectivity index is 1.98. The summed E-state index contributed by atoms with van der Waals surface area (Å²) in [5.74, 6) is 0.573. The van der Waals surface area contributed by atoms with Crippen LogP contribution in [0.4, 0.5) is 5.69 Å². The number of rotatable bonds is 5. The molecule has 0 radical (unpaired) electrons. The maximum atomic E-state index is 8.89. The minimum Gasteiger partial charge on any atom is -0.396 e. The van der Waals surface area contributed by atoms with Crippen LogP contribution in [-0.2, 0) is 0 Å². The molecule has 19 heavy (non-hydrogen) atoms. The van der Waals surface area contributed by atoms with Gasteiger partial charge in [0, 0.05) is 45.0 Å². The molecule has 0 spiro atoms. The van der Waals surface area contributed by atoms with Gasteiger partial charge in [0.1, 0.15) is 0 Å². The van der Waals surface area contributed by atoms with E-state index in [-0.39, 0.29) is 0 Å². The van der Waals surface area contributed by atoms with Crippen LogP contribution in [0.25, 0.3) is 0 Å². The molecule has 1 aliphatic heterocycles. The van der Waals surface area contributed by atoms with Gasteiger partial charge in [-0.05, 0) is 24.0 Å². The van der Waals surface area contributed by atoms with E-state index in [4.69, 9.17) is 5.11 Å². The lowest BCUT2D eigenvalue weighted by Gasteiger charge is -2.37. The molecule has 0 saturated carbocycles. The number of aliphatic hydroxyl groups is 1. The molecule has 1 fully saturated rings. The predicted molar refractivity (Wildman–Crippen MR) is 80.9 cm³/mol. The van der Waals surface area contributed by atoms with E-state index in [9.17, 15) is 0 Å². The molecule has 0 aromatic heterocycles. The molecule has 0 amide bonds. The Kier molecular flexibility index (Phi) is 5.23. The highest BCUT2D eigenvalue weighted by atomic mass is 16.3. The Morgan fingerprint density at radius 1 is 1.11 bits per heavy atom. The first-order valence-corrected chi connectivity index (χ1v) is 7.39. The van der Waals surface area contributed by atoms with Gasteiger partial charge < -0.3 is 10.0 Å². The first-order valence-electron chi connectivity index (χ1n) is 7.39. The normalized spacial score (nSPS) is 17.2. The fourth-order valence-corrected chi connectivity index (χ4v) is 2.77. The lowest BCUT2D eigenvalue weighted by Crippen LogP contribution is -2.47. The Bertz CT molecular complexity index is 384. The summed E-state index contributed by atoms with van der Waals surface area (Å²) < 4.78 is 0. The van der Waals surface area contributed by atoms with Crippen molar-refractivity contribution >= 4 is 5.69 Å². The summed E-state index contributed by atoms with van der Waals surface area (Å²) >= 11 is 0. The van der Waals surface area contributed by atoms with Gasteiger partial charge in [0.25, 0.3) is 0 Å². The van der Waals surface area contributed by atoms with Crippen LogP contribution in [0.15, 0.2) is 24.3 Å². The standard InChI is InChI=1S/C16H26N2O/c1-14(2)15-6-3-4-7-16(15)18-11-9-17(10-12-18)8-5-13-19/h3-4,6-7,14,19H,5,8-13H2,1-2H3. The molecule has 1 heterocycles. The van der Waals surface area contributed by atoms with E-state index in [1.165, 1.54) is 11.3 Å². The van der Waals surface area contributed by atoms with Gasteiger partial charge in [-0.2, -0.15) is 0 Å². The van der Waals surface area contributed by atoms with Gasteiger partial charge in [0.2, 0.25) is 0 Å². The summed E-state index contributed by atoms with van der Waals surface area (Å²) in [5, 5.41) is 8.89. The van der Waals surface area contributed by atoms with Crippen molar-refractivity contribution < 1.29 is 5.11 Å². The van der Waals surface area contributed by atoms with E-state index in [1.54, 1.807) is 0 Å². The molecule has 1 N–H and O–H groups in total. The zero-order valence-corrected chi connectivity index (χ0v) is 12.2. The maximum absolute atomic E-state index is 8.89. The van der Waals surface area contributed by atoms with Crippen molar-refractivity contribution in [1.29, 1.82) is 0 Å². The second kappa shape index (κ2) is 6.92. The van der Waals surface area contributed by atoms with E-state index in [0.29, 0.717) is 12.5 Å². The second-order valence-electron chi connectivity index (χ2n) is 5.62. The number of piperazine rings is 1. The number of benzene rings is 1. The highest BCUT2D eigenvalue weighted by Crippen LogP contribution is 2.27. The van der Waals surface area contributed by atoms with Crippen LogP contribution in [0.1, 0.15) is 31.7 Å². The number of hydrogen-bond donors (Lipinski definition) is 1. The number of aliphatic hydroxyl groups excluding tert-OH is 1. The molecule has 1 aromatic carbocycles. The monoisotopic (exact) mass is 262 g/mol. The van der Waals surface area contributed by atoms with Crippen molar-refractivity contribution in [3.63, 3.8) is 0 Å². The van der Waals surface area contributed by atoms with Gasteiger partial charge in [-0.3, -0.25) is 4.90 Å². The van der Waals surface area contributed by atoms with E-state index in [0.717, 1.165) is 39.1 Å². The van der Waals surface area contributed by atoms with E-state index >= 15 is 0 Å². The molecule has 1 aliphatic rings. The lowest BCUT2D eigenvalue weighted by atomic mass is 10.00. The Hall–Kier alpha value is -1.06. The highest BCUT2D eigenvalue weighted by Gasteiger charge is 2.19. The summed E-state index contributed by atoms with van der Waals surface area (Å²) in [4.78, 5) is 4.95. The summed E-state index contributed by atoms with van der Waals surface area (Å²) in [7, 11) is 0. The fraction of sp³-hybridized carbons (Fsp3) is 0.625. The van der Waals surface area contributed by atoms with Gasteiger partial charge in [0.15, 0.2) is 0 Å². The second-order valence-corrected chi connectivity index (χ2v) is 5.62. The molecule has 3 heteroatoms. The third-order valence-electron chi connectivity index (χ3n) is 3.90. The van der Waals surface area contributed by atoms with Gasteiger partial charge in [0.05, 0.1) is 0 Å². The van der Waals surface area contributed by atoms with E-state index in [1.807, 2.05) is 0 Å². The molecule has 2 rings (SSSR count). The Labute approximate surface area is 116 Å². The first kappa shape index (κ1) is 14.4. The van der Waals surface area contributed by atoms with Crippen molar-refractivity contribution in [2.75, 3.05) is 44.2 Å². The van der Waals surface area contributed by atoms with Gasteiger partial charge in [-0.1, -0.05) is 32.0 Å². The quantitative estimate of drug-likeness (QED) is 0.882. The molecular formula is C16H26N2O. The van der Waals surface area contributed by atoms with Gasteiger partial charge in [-0.25, -0.2) is 0 Å². The molecule has 106 valence electrons. The zero-order chi connectivity index (χ0) is 13.7. The molecular weight excluding hydrogens is 236 g/mol. The van der Waals surface area contributed by atoms with Crippen LogP contribution in [0.3, 0.4) is 0 Å². The summed E-state index contributed by atoms with van der Waals surface area (Å²) in [5.41, 5.74) is 2.85. The lowest BCUT2D eigenvalue weighted by molar-refractivity contribution is 0.216. The first-order chi connectivity index (χ1) is 9.22. The third kappa shape index (κ3) is 3.71. The molecule has 0 aliphatic carbocycles. The largest absolute Gasteiger partial charge is 0.396 e. The molecule has 0 unspecified atom stereocenters. The highest BCUT2D eigenvalue weighted by molar-refractivity contribution is 5.55. The van der Waals surface area contributed by atoms with E-state index in [2.05, 4.69) is 47.9 Å². The topological polar surface area (TPSA) is 26.7 Å². The molecule has 1 saturated heterocycles. The SMILES string of the molecule is CC(C)c1ccccc1N1CCN(CCCO)CC1. The van der Waals surface area contributed by atoms with Crippen molar-refractivity contribution in [2.45, 2.75) is 26.2 Å². The van der Waals surface area contributed by atoms with Crippen LogP contribution in [0, 0.1) is 0 Å². The van der Waals surface area contributed by atoms with Crippen molar-refractivity contribution in [3.05, 3.63) is 29.8 Å². The number of para-hydroxylation sites is 1. The Morgan fingerprint density at radius 3 is 2.42 bits per heavy atom. The van der Waals surface area contributed by atoms with Gasteiger partial charge in [-0.15, -0.1) is 0 Å². The van der Waals surface area contributed by atoms with Crippen LogP contribution in [0.5, 0.6) is 0 Å².